The van der Waals surface area contributed by atoms with Crippen molar-refractivity contribution in [2.45, 2.75) is 100 Å². The van der Waals surface area contributed by atoms with E-state index in [0.29, 0.717) is 96.9 Å². The van der Waals surface area contributed by atoms with Crippen molar-refractivity contribution in [2.75, 3.05) is 63.4 Å². The van der Waals surface area contributed by atoms with Crippen molar-refractivity contribution >= 4 is 40.9 Å². The van der Waals surface area contributed by atoms with E-state index < -0.39 is 35.2 Å². The van der Waals surface area contributed by atoms with Crippen LogP contribution in [0, 0.1) is 5.92 Å². The largest absolute Gasteiger partial charge is 0.382 e. The van der Waals surface area contributed by atoms with Crippen LogP contribution in [0.25, 0.3) is 0 Å². The number of rotatable bonds is 18. The predicted molar refractivity (Wildman–Crippen MR) is 238 cm³/mol. The lowest BCUT2D eigenvalue weighted by molar-refractivity contribution is -0.137. The highest BCUT2D eigenvalue weighted by molar-refractivity contribution is 6.06. The molecule has 64 heavy (non-hydrogen) atoms. The SMILES string of the molecule is CC1(C)N[C@@H](C(=O)NC2CCC(C(=O)NCCOCCOCCOCCNc3cccc4c3CN(C3CCC(=O)NC3=O)C4=O)CC2)[C@H](c2ccccc2)[C@@]12c1ccccc1NC2O. The van der Waals surface area contributed by atoms with Crippen molar-refractivity contribution in [3.63, 3.8) is 0 Å². The van der Waals surface area contributed by atoms with E-state index in [2.05, 4.69) is 51.8 Å². The molecule has 3 aromatic carbocycles. The molecule has 1 spiro atoms. The van der Waals surface area contributed by atoms with E-state index >= 15 is 0 Å². The molecule has 1 saturated carbocycles. The van der Waals surface area contributed by atoms with Crippen molar-refractivity contribution in [1.29, 1.82) is 0 Å². The van der Waals surface area contributed by atoms with Gasteiger partial charge in [0, 0.05) is 72.0 Å². The normalized spacial score (nSPS) is 26.9. The highest BCUT2D eigenvalue weighted by Gasteiger charge is 2.68. The quantitative estimate of drug-likeness (QED) is 0.0728. The Hall–Kier alpha value is -5.39. The third-order valence-corrected chi connectivity index (χ3v) is 13.8. The molecule has 16 nitrogen and oxygen atoms in total. The molecule has 342 valence electrons. The van der Waals surface area contributed by atoms with Gasteiger partial charge in [-0.25, -0.2) is 0 Å². The highest BCUT2D eigenvalue weighted by Crippen LogP contribution is 2.60. The average molecular weight is 880 g/mol. The smallest absolute Gasteiger partial charge is 0.255 e. The van der Waals surface area contributed by atoms with Crippen LogP contribution < -0.4 is 31.9 Å². The molecule has 5 atom stereocenters. The second-order valence-corrected chi connectivity index (χ2v) is 17.9. The number of imide groups is 1. The number of hydrogen-bond acceptors (Lipinski definition) is 12. The van der Waals surface area contributed by atoms with E-state index in [4.69, 9.17) is 14.2 Å². The Kier molecular flexibility index (Phi) is 14.0. The minimum Gasteiger partial charge on any atom is -0.382 e. The summed E-state index contributed by atoms with van der Waals surface area (Å²) in [4.78, 5) is 65.8. The Morgan fingerprint density at radius 2 is 1.48 bits per heavy atom. The third-order valence-electron chi connectivity index (χ3n) is 13.8. The van der Waals surface area contributed by atoms with Gasteiger partial charge in [-0.1, -0.05) is 54.6 Å². The molecular formula is C48H61N7O9. The zero-order chi connectivity index (χ0) is 44.8. The lowest BCUT2D eigenvalue weighted by atomic mass is 9.59. The maximum atomic E-state index is 14.2. The number of aliphatic hydroxyl groups excluding tert-OH is 1. The van der Waals surface area contributed by atoms with Crippen molar-refractivity contribution in [2.24, 2.45) is 5.92 Å². The molecule has 0 radical (unpaired) electrons. The predicted octanol–water partition coefficient (Wildman–Crippen LogP) is 2.92. The zero-order valence-electron chi connectivity index (χ0n) is 36.7. The molecule has 16 heteroatoms. The summed E-state index contributed by atoms with van der Waals surface area (Å²) in [6.07, 6.45) is 2.38. The summed E-state index contributed by atoms with van der Waals surface area (Å²) < 4.78 is 17.0. The van der Waals surface area contributed by atoms with E-state index in [1.807, 2.05) is 54.6 Å². The van der Waals surface area contributed by atoms with Crippen molar-refractivity contribution in [3.8, 4) is 0 Å². The molecule has 0 bridgehead atoms. The van der Waals surface area contributed by atoms with Gasteiger partial charge < -0.3 is 45.5 Å². The number of amides is 5. The van der Waals surface area contributed by atoms with Crippen LogP contribution in [-0.4, -0.2) is 122 Å². The van der Waals surface area contributed by atoms with Crippen molar-refractivity contribution < 1.29 is 43.3 Å². The first kappa shape index (κ1) is 45.2. The Morgan fingerprint density at radius 3 is 2.22 bits per heavy atom. The lowest BCUT2D eigenvalue weighted by Crippen LogP contribution is -2.57. The van der Waals surface area contributed by atoms with E-state index in [0.717, 1.165) is 28.1 Å². The molecule has 2 saturated heterocycles. The van der Waals surface area contributed by atoms with E-state index in [9.17, 15) is 29.1 Å². The molecule has 7 N–H and O–H groups in total. The van der Waals surface area contributed by atoms with E-state index in [-0.39, 0.29) is 47.9 Å². The van der Waals surface area contributed by atoms with Crippen molar-refractivity contribution in [3.05, 3.63) is 95.1 Å². The van der Waals surface area contributed by atoms with Gasteiger partial charge >= 0.3 is 0 Å². The number of carbonyl (C=O) groups excluding carboxylic acids is 5. The average Bonchev–Trinajstić information content (AvgIpc) is 3.88. The number of hydrogen-bond donors (Lipinski definition) is 7. The molecule has 2 unspecified atom stereocenters. The summed E-state index contributed by atoms with van der Waals surface area (Å²) in [7, 11) is 0. The number of para-hydroxylation sites is 1. The van der Waals surface area contributed by atoms with Gasteiger partial charge in [0.05, 0.1) is 51.1 Å². The van der Waals surface area contributed by atoms with E-state index in [1.165, 1.54) is 4.90 Å². The number of piperidine rings is 1. The third kappa shape index (κ3) is 9.11. The molecule has 3 fully saturated rings. The fourth-order valence-corrected chi connectivity index (χ4v) is 10.7. The number of aliphatic hydroxyl groups is 1. The summed E-state index contributed by atoms with van der Waals surface area (Å²) in [5.41, 5.74) is 3.61. The van der Waals surface area contributed by atoms with Crippen LogP contribution >= 0.6 is 0 Å². The monoisotopic (exact) mass is 879 g/mol. The van der Waals surface area contributed by atoms with Gasteiger partial charge in [0.2, 0.25) is 23.6 Å². The molecule has 5 amide bonds. The van der Waals surface area contributed by atoms with Gasteiger partial charge in [-0.05, 0) is 75.3 Å². The Morgan fingerprint density at radius 1 is 0.797 bits per heavy atom. The second-order valence-electron chi connectivity index (χ2n) is 17.9. The Labute approximate surface area is 373 Å². The van der Waals surface area contributed by atoms with Crippen LogP contribution in [0.1, 0.15) is 85.3 Å². The van der Waals surface area contributed by atoms with Gasteiger partial charge in [0.1, 0.15) is 12.3 Å². The van der Waals surface area contributed by atoms with Gasteiger partial charge in [-0.2, -0.15) is 0 Å². The summed E-state index contributed by atoms with van der Waals surface area (Å²) in [5, 5.41) is 30.7. The van der Waals surface area contributed by atoms with Crippen LogP contribution in [0.15, 0.2) is 72.8 Å². The molecule has 4 heterocycles. The fourth-order valence-electron chi connectivity index (χ4n) is 10.7. The van der Waals surface area contributed by atoms with Crippen LogP contribution in [-0.2, 0) is 45.3 Å². The van der Waals surface area contributed by atoms with Crippen LogP contribution in [0.3, 0.4) is 0 Å². The van der Waals surface area contributed by atoms with Crippen LogP contribution in [0.5, 0.6) is 0 Å². The molecule has 0 aromatic heterocycles. The topological polar surface area (TPSA) is 209 Å². The van der Waals surface area contributed by atoms with E-state index in [1.54, 1.807) is 12.1 Å². The minimum atomic E-state index is -0.903. The van der Waals surface area contributed by atoms with Crippen LogP contribution in [0.4, 0.5) is 11.4 Å². The Bertz CT molecular complexity index is 2180. The number of nitrogens with one attached hydrogen (secondary N) is 6. The maximum absolute atomic E-state index is 14.2. The summed E-state index contributed by atoms with van der Waals surface area (Å²) >= 11 is 0. The number of nitrogens with zero attached hydrogens (tertiary/aromatic N) is 1. The first-order chi connectivity index (χ1) is 31.0. The van der Waals surface area contributed by atoms with Gasteiger partial charge in [0.25, 0.3) is 5.91 Å². The Balaban J connectivity index is 0.685. The molecular weight excluding hydrogens is 819 g/mol. The number of ether oxygens (including phenoxy) is 3. The fraction of sp³-hybridized carbons (Fsp3) is 0.521. The molecule has 1 aliphatic carbocycles. The summed E-state index contributed by atoms with van der Waals surface area (Å²) in [5.74, 6) is -1.52. The zero-order valence-corrected chi connectivity index (χ0v) is 36.7. The molecule has 4 aliphatic heterocycles. The lowest BCUT2D eigenvalue weighted by Gasteiger charge is -2.44. The van der Waals surface area contributed by atoms with Gasteiger partial charge in [-0.3, -0.25) is 34.6 Å². The van der Waals surface area contributed by atoms with Gasteiger partial charge in [0.15, 0.2) is 0 Å². The maximum Gasteiger partial charge on any atom is 0.255 e. The highest BCUT2D eigenvalue weighted by atomic mass is 16.5. The first-order valence-corrected chi connectivity index (χ1v) is 22.7. The number of fused-ring (bicyclic) bond motifs is 3. The van der Waals surface area contributed by atoms with Crippen molar-refractivity contribution in [1.82, 2.24) is 26.2 Å². The number of anilines is 2. The molecule has 5 aliphatic rings. The van der Waals surface area contributed by atoms with Crippen LogP contribution in [0.2, 0.25) is 0 Å². The summed E-state index contributed by atoms with van der Waals surface area (Å²) in [6.45, 7) is 7.73. The molecule has 3 aromatic rings. The summed E-state index contributed by atoms with van der Waals surface area (Å²) in [6, 6.07) is 22.1. The minimum absolute atomic E-state index is 0.00211. The first-order valence-electron chi connectivity index (χ1n) is 22.7. The molecule has 8 rings (SSSR count). The number of benzene rings is 3. The standard InChI is InChI=1S/C48H61N7O9/c1-47(2)48(35-12-6-7-13-37(35)52-46(48)61)40(30-9-4-3-5-10-30)41(54-47)44(59)51-32-17-15-31(16-18-32)42(57)50-22-24-63-26-28-64-27-25-62-23-21-49-36-14-8-11-33-34(36)29-55(45(33)60)38-19-20-39(56)53-43(38)58/h3-14,31-32,38,40-41,46,49,52,54,61H,15-29H2,1-2H3,(H,50,57)(H,51,59)(H,53,56,58)/t31?,32?,38?,40-,41+,46?,48+/m0/s1. The van der Waals surface area contributed by atoms with Gasteiger partial charge in [-0.15, -0.1) is 0 Å². The second kappa shape index (κ2) is 19.8. The number of carbonyl (C=O) groups is 5.